The molecule has 2 aromatic rings. The first kappa shape index (κ1) is 13.5. The van der Waals surface area contributed by atoms with Gasteiger partial charge in [0.25, 0.3) is 5.91 Å². The molecule has 2 aliphatic carbocycles. The molecular weight excluding hydrogens is 276 g/mol. The Morgan fingerprint density at radius 2 is 2.23 bits per heavy atom. The number of nitrogens with zero attached hydrogens (tertiary/aromatic N) is 3. The van der Waals surface area contributed by atoms with Gasteiger partial charge < -0.3 is 5.32 Å². The second kappa shape index (κ2) is 5.23. The van der Waals surface area contributed by atoms with Gasteiger partial charge in [0.15, 0.2) is 0 Å². The van der Waals surface area contributed by atoms with Crippen LogP contribution in [0.5, 0.6) is 0 Å². The highest BCUT2D eigenvalue weighted by molar-refractivity contribution is 5.90. The van der Waals surface area contributed by atoms with Gasteiger partial charge in [-0.05, 0) is 55.7 Å². The van der Waals surface area contributed by atoms with Crippen LogP contribution in [-0.2, 0) is 0 Å². The average Bonchev–Trinajstić information content (AvgIpc) is 3.23. The number of nitrogens with one attached hydrogen (secondary N) is 1. The van der Waals surface area contributed by atoms with Crippen molar-refractivity contribution in [3.8, 4) is 5.69 Å². The largest absolute Gasteiger partial charge is 0.346 e. The molecule has 3 atom stereocenters. The van der Waals surface area contributed by atoms with Gasteiger partial charge in [-0.3, -0.25) is 4.79 Å². The van der Waals surface area contributed by atoms with Crippen molar-refractivity contribution in [1.82, 2.24) is 20.1 Å². The molecule has 1 amide bonds. The third kappa shape index (κ3) is 2.40. The molecule has 2 saturated carbocycles. The number of amides is 1. The number of hydrogen-bond acceptors (Lipinski definition) is 3. The molecule has 0 radical (unpaired) electrons. The lowest BCUT2D eigenvalue weighted by atomic mass is 9.95. The first-order chi connectivity index (χ1) is 10.7. The van der Waals surface area contributed by atoms with Gasteiger partial charge >= 0.3 is 0 Å². The summed E-state index contributed by atoms with van der Waals surface area (Å²) in [5.41, 5.74) is 2.08. The van der Waals surface area contributed by atoms with Crippen LogP contribution in [0.1, 0.15) is 41.9 Å². The second-order valence-corrected chi connectivity index (χ2v) is 6.61. The zero-order valence-corrected chi connectivity index (χ0v) is 12.7. The monoisotopic (exact) mass is 296 g/mol. The topological polar surface area (TPSA) is 59.8 Å². The summed E-state index contributed by atoms with van der Waals surface area (Å²) in [6.07, 6.45) is 6.58. The van der Waals surface area contributed by atoms with Crippen molar-refractivity contribution in [1.29, 1.82) is 0 Å². The van der Waals surface area contributed by atoms with Crippen LogP contribution in [0.3, 0.4) is 0 Å². The van der Waals surface area contributed by atoms with Gasteiger partial charge in [0.05, 0.1) is 5.69 Å². The van der Waals surface area contributed by atoms with E-state index in [1.54, 1.807) is 11.0 Å². The van der Waals surface area contributed by atoms with Gasteiger partial charge in [0, 0.05) is 6.04 Å². The summed E-state index contributed by atoms with van der Waals surface area (Å²) in [6.45, 7) is 2.03. The molecule has 5 nitrogen and oxygen atoms in total. The van der Waals surface area contributed by atoms with Crippen molar-refractivity contribution >= 4 is 5.91 Å². The molecule has 4 rings (SSSR count). The summed E-state index contributed by atoms with van der Waals surface area (Å²) in [5, 5.41) is 7.44. The maximum absolute atomic E-state index is 12.3. The minimum atomic E-state index is -0.149. The second-order valence-electron chi connectivity index (χ2n) is 6.61. The Balaban J connectivity index is 1.48. The molecule has 1 heterocycles. The predicted molar refractivity (Wildman–Crippen MR) is 82.8 cm³/mol. The van der Waals surface area contributed by atoms with Crippen molar-refractivity contribution in [3.63, 3.8) is 0 Å². The summed E-state index contributed by atoms with van der Waals surface area (Å²) in [4.78, 5) is 16.5. The van der Waals surface area contributed by atoms with Crippen LogP contribution in [0.4, 0.5) is 0 Å². The Bertz CT molecular complexity index is 708. The molecule has 3 unspecified atom stereocenters. The maximum Gasteiger partial charge on any atom is 0.291 e. The Kier molecular flexibility index (Phi) is 3.21. The molecule has 1 aromatic heterocycles. The van der Waals surface area contributed by atoms with E-state index in [9.17, 15) is 4.79 Å². The maximum atomic E-state index is 12.3. The molecule has 2 fully saturated rings. The van der Waals surface area contributed by atoms with Crippen LogP contribution < -0.4 is 5.32 Å². The zero-order chi connectivity index (χ0) is 15.1. The SMILES string of the molecule is Cc1cccc(-n2cnc(C(=O)NC3CC4CCC3C4)n2)c1. The number of hydrogen-bond donors (Lipinski definition) is 1. The minimum absolute atomic E-state index is 0.149. The highest BCUT2D eigenvalue weighted by atomic mass is 16.2. The molecule has 114 valence electrons. The Morgan fingerprint density at radius 3 is 2.95 bits per heavy atom. The van der Waals surface area contributed by atoms with E-state index in [2.05, 4.69) is 15.4 Å². The van der Waals surface area contributed by atoms with Gasteiger partial charge in [0.1, 0.15) is 6.33 Å². The third-order valence-electron chi connectivity index (χ3n) is 5.02. The number of aryl methyl sites for hydroxylation is 1. The Hall–Kier alpha value is -2.17. The average molecular weight is 296 g/mol. The number of rotatable bonds is 3. The summed E-state index contributed by atoms with van der Waals surface area (Å²) < 4.78 is 1.66. The number of carbonyl (C=O) groups excluding carboxylic acids is 1. The van der Waals surface area contributed by atoms with Gasteiger partial charge in [-0.2, -0.15) is 0 Å². The van der Waals surface area contributed by atoms with E-state index >= 15 is 0 Å². The van der Waals surface area contributed by atoms with Crippen LogP contribution in [0.25, 0.3) is 5.69 Å². The molecule has 1 N–H and O–H groups in total. The highest BCUT2D eigenvalue weighted by Gasteiger charge is 2.40. The number of carbonyl (C=O) groups is 1. The first-order valence-electron chi connectivity index (χ1n) is 7.98. The van der Waals surface area contributed by atoms with Crippen LogP contribution in [0, 0.1) is 18.8 Å². The Labute approximate surface area is 129 Å². The minimum Gasteiger partial charge on any atom is -0.346 e. The predicted octanol–water partition coefficient (Wildman–Crippen LogP) is 2.49. The van der Waals surface area contributed by atoms with E-state index in [0.29, 0.717) is 12.0 Å². The number of aromatic nitrogens is 3. The summed E-state index contributed by atoms with van der Waals surface area (Å²) in [6, 6.07) is 8.30. The molecular formula is C17H20N4O. The highest BCUT2D eigenvalue weighted by Crippen LogP contribution is 2.44. The molecule has 5 heteroatoms. The van der Waals surface area contributed by atoms with Gasteiger partial charge in [-0.15, -0.1) is 5.10 Å². The van der Waals surface area contributed by atoms with E-state index < -0.39 is 0 Å². The first-order valence-corrected chi connectivity index (χ1v) is 7.98. The molecule has 22 heavy (non-hydrogen) atoms. The zero-order valence-electron chi connectivity index (χ0n) is 12.7. The van der Waals surface area contributed by atoms with Crippen molar-refractivity contribution in [3.05, 3.63) is 42.0 Å². The Morgan fingerprint density at radius 1 is 1.32 bits per heavy atom. The van der Waals surface area contributed by atoms with Crippen LogP contribution >= 0.6 is 0 Å². The molecule has 0 aliphatic heterocycles. The molecule has 2 aliphatic rings. The normalized spacial score (nSPS) is 26.3. The van der Waals surface area contributed by atoms with E-state index in [1.807, 2.05) is 31.2 Å². The van der Waals surface area contributed by atoms with Gasteiger partial charge in [-0.25, -0.2) is 9.67 Å². The van der Waals surface area contributed by atoms with E-state index in [4.69, 9.17) is 0 Å². The molecule has 1 aromatic carbocycles. The standard InChI is InChI=1S/C17H20N4O/c1-11-3-2-4-14(7-11)21-10-18-16(20-21)17(22)19-15-9-12-5-6-13(15)8-12/h2-4,7,10,12-13,15H,5-6,8-9H2,1H3,(H,19,22). The fraction of sp³-hybridized carbons (Fsp3) is 0.471. The molecule has 0 saturated heterocycles. The van der Waals surface area contributed by atoms with Crippen molar-refractivity contribution in [2.75, 3.05) is 0 Å². The van der Waals surface area contributed by atoms with E-state index in [-0.39, 0.29) is 11.7 Å². The van der Waals surface area contributed by atoms with Crippen LogP contribution in [0.2, 0.25) is 0 Å². The van der Waals surface area contributed by atoms with Crippen LogP contribution in [-0.4, -0.2) is 26.7 Å². The van der Waals surface area contributed by atoms with Crippen molar-refractivity contribution in [2.24, 2.45) is 11.8 Å². The quantitative estimate of drug-likeness (QED) is 0.946. The van der Waals surface area contributed by atoms with Gasteiger partial charge in [-0.1, -0.05) is 18.6 Å². The van der Waals surface area contributed by atoms with Crippen molar-refractivity contribution < 1.29 is 4.79 Å². The summed E-state index contributed by atoms with van der Waals surface area (Å²) in [7, 11) is 0. The van der Waals surface area contributed by atoms with E-state index in [0.717, 1.165) is 23.6 Å². The van der Waals surface area contributed by atoms with Crippen LogP contribution in [0.15, 0.2) is 30.6 Å². The summed E-state index contributed by atoms with van der Waals surface area (Å²) >= 11 is 0. The fourth-order valence-electron chi connectivity index (χ4n) is 3.92. The fourth-order valence-corrected chi connectivity index (χ4v) is 3.92. The van der Waals surface area contributed by atoms with Gasteiger partial charge in [0.2, 0.25) is 5.82 Å². The smallest absolute Gasteiger partial charge is 0.291 e. The number of benzene rings is 1. The summed E-state index contributed by atoms with van der Waals surface area (Å²) in [5.74, 6) is 1.58. The third-order valence-corrected chi connectivity index (χ3v) is 5.02. The molecule has 0 spiro atoms. The van der Waals surface area contributed by atoms with Crippen molar-refractivity contribution in [2.45, 2.75) is 38.6 Å². The molecule has 2 bridgehead atoms. The van der Waals surface area contributed by atoms with E-state index in [1.165, 1.54) is 19.3 Å². The lowest BCUT2D eigenvalue weighted by Gasteiger charge is -2.22. The lowest BCUT2D eigenvalue weighted by Crippen LogP contribution is -2.39. The lowest BCUT2D eigenvalue weighted by molar-refractivity contribution is 0.0912. The number of fused-ring (bicyclic) bond motifs is 2.